The SMILES string of the molecule is Cc1cccc(CSCC(=O)NC(CO)CC(C)C)c1. The number of aliphatic hydroxyl groups is 1. The summed E-state index contributed by atoms with van der Waals surface area (Å²) in [6.45, 7) is 6.24. The molecule has 1 amide bonds. The molecule has 0 saturated heterocycles. The van der Waals surface area contributed by atoms with Crippen LogP contribution in [-0.2, 0) is 10.5 Å². The van der Waals surface area contributed by atoms with Crippen molar-refractivity contribution in [2.45, 2.75) is 39.0 Å². The predicted molar refractivity (Wildman–Crippen MR) is 85.8 cm³/mol. The number of nitrogens with one attached hydrogen (secondary N) is 1. The zero-order valence-corrected chi connectivity index (χ0v) is 13.4. The topological polar surface area (TPSA) is 49.3 Å². The Bertz CT molecular complexity index is 421. The average molecular weight is 295 g/mol. The molecule has 0 saturated carbocycles. The lowest BCUT2D eigenvalue weighted by atomic mass is 10.0. The summed E-state index contributed by atoms with van der Waals surface area (Å²) in [4.78, 5) is 11.8. The highest BCUT2D eigenvalue weighted by Gasteiger charge is 2.12. The maximum atomic E-state index is 11.8. The lowest BCUT2D eigenvalue weighted by Gasteiger charge is -2.18. The van der Waals surface area contributed by atoms with E-state index in [1.54, 1.807) is 11.8 Å². The van der Waals surface area contributed by atoms with Gasteiger partial charge in [-0.15, -0.1) is 11.8 Å². The minimum atomic E-state index is -0.123. The molecule has 0 spiro atoms. The molecule has 0 aliphatic carbocycles. The Balaban J connectivity index is 2.29. The molecule has 20 heavy (non-hydrogen) atoms. The molecule has 3 nitrogen and oxygen atoms in total. The summed E-state index contributed by atoms with van der Waals surface area (Å²) in [6.07, 6.45) is 0.810. The molecule has 0 aliphatic rings. The molecule has 0 aliphatic heterocycles. The third-order valence-corrected chi connectivity index (χ3v) is 3.93. The van der Waals surface area contributed by atoms with Crippen LogP contribution >= 0.6 is 11.8 Å². The Kier molecular flexibility index (Phi) is 7.70. The quantitative estimate of drug-likeness (QED) is 0.775. The number of hydrogen-bond acceptors (Lipinski definition) is 3. The molecule has 0 heterocycles. The summed E-state index contributed by atoms with van der Waals surface area (Å²) in [7, 11) is 0. The van der Waals surface area contributed by atoms with Gasteiger partial charge in [0.1, 0.15) is 0 Å². The van der Waals surface area contributed by atoms with Gasteiger partial charge in [-0.2, -0.15) is 0 Å². The molecule has 0 aromatic heterocycles. The van der Waals surface area contributed by atoms with Gasteiger partial charge >= 0.3 is 0 Å². The zero-order chi connectivity index (χ0) is 15.0. The normalized spacial score (nSPS) is 12.4. The van der Waals surface area contributed by atoms with Gasteiger partial charge in [0.15, 0.2) is 0 Å². The first-order valence-electron chi connectivity index (χ1n) is 7.04. The van der Waals surface area contributed by atoms with Crippen molar-refractivity contribution in [1.29, 1.82) is 0 Å². The second-order valence-corrected chi connectivity index (χ2v) is 6.54. The Labute approximate surface area is 126 Å². The van der Waals surface area contributed by atoms with Crippen LogP contribution in [0, 0.1) is 12.8 Å². The summed E-state index contributed by atoms with van der Waals surface area (Å²) in [5.41, 5.74) is 2.48. The summed E-state index contributed by atoms with van der Waals surface area (Å²) < 4.78 is 0. The van der Waals surface area contributed by atoms with Crippen LogP contribution in [0.4, 0.5) is 0 Å². The molecule has 0 bridgehead atoms. The molecule has 0 fully saturated rings. The molecule has 1 unspecified atom stereocenters. The third-order valence-electron chi connectivity index (χ3n) is 2.93. The van der Waals surface area contributed by atoms with E-state index in [1.807, 2.05) is 6.07 Å². The van der Waals surface area contributed by atoms with E-state index >= 15 is 0 Å². The summed E-state index contributed by atoms with van der Waals surface area (Å²) in [6, 6.07) is 8.20. The van der Waals surface area contributed by atoms with Crippen molar-refractivity contribution in [2.75, 3.05) is 12.4 Å². The van der Waals surface area contributed by atoms with Crippen LogP contribution < -0.4 is 5.32 Å². The molecule has 4 heteroatoms. The number of carbonyl (C=O) groups is 1. The first-order valence-corrected chi connectivity index (χ1v) is 8.20. The molecule has 2 N–H and O–H groups in total. The minimum Gasteiger partial charge on any atom is -0.394 e. The smallest absolute Gasteiger partial charge is 0.230 e. The molecule has 1 rings (SSSR count). The fourth-order valence-corrected chi connectivity index (χ4v) is 2.87. The molecule has 0 radical (unpaired) electrons. The molecule has 1 atom stereocenters. The van der Waals surface area contributed by atoms with Crippen LogP contribution in [0.15, 0.2) is 24.3 Å². The maximum Gasteiger partial charge on any atom is 0.230 e. The van der Waals surface area contributed by atoms with Crippen LogP contribution in [0.3, 0.4) is 0 Å². The van der Waals surface area contributed by atoms with E-state index in [2.05, 4.69) is 44.3 Å². The van der Waals surface area contributed by atoms with Crippen molar-refractivity contribution in [2.24, 2.45) is 5.92 Å². The zero-order valence-electron chi connectivity index (χ0n) is 12.6. The number of benzene rings is 1. The Morgan fingerprint density at radius 1 is 1.40 bits per heavy atom. The second kappa shape index (κ2) is 9.03. The highest BCUT2D eigenvalue weighted by Crippen LogP contribution is 2.13. The van der Waals surface area contributed by atoms with Crippen molar-refractivity contribution in [1.82, 2.24) is 5.32 Å². The van der Waals surface area contributed by atoms with Crippen molar-refractivity contribution >= 4 is 17.7 Å². The maximum absolute atomic E-state index is 11.8. The van der Waals surface area contributed by atoms with E-state index in [0.717, 1.165) is 12.2 Å². The van der Waals surface area contributed by atoms with Gasteiger partial charge in [-0.3, -0.25) is 4.79 Å². The van der Waals surface area contributed by atoms with Crippen molar-refractivity contribution in [3.05, 3.63) is 35.4 Å². The van der Waals surface area contributed by atoms with Crippen molar-refractivity contribution < 1.29 is 9.90 Å². The first-order chi connectivity index (χ1) is 9.51. The Morgan fingerprint density at radius 3 is 2.75 bits per heavy atom. The number of thioether (sulfide) groups is 1. The molecule has 112 valence electrons. The van der Waals surface area contributed by atoms with Gasteiger partial charge in [0.25, 0.3) is 0 Å². The van der Waals surface area contributed by atoms with Gasteiger partial charge in [-0.25, -0.2) is 0 Å². The number of carbonyl (C=O) groups excluding carboxylic acids is 1. The van der Waals surface area contributed by atoms with Crippen LogP contribution in [0.25, 0.3) is 0 Å². The van der Waals surface area contributed by atoms with Crippen LogP contribution in [0.5, 0.6) is 0 Å². The van der Waals surface area contributed by atoms with Crippen LogP contribution in [0.2, 0.25) is 0 Å². The number of rotatable bonds is 8. The largest absolute Gasteiger partial charge is 0.394 e. The minimum absolute atomic E-state index is 0.00218. The standard InChI is InChI=1S/C16H25NO2S/c1-12(2)7-15(9-18)17-16(19)11-20-10-14-6-4-5-13(3)8-14/h4-6,8,12,15,18H,7,9-11H2,1-3H3,(H,17,19). The van der Waals surface area contributed by atoms with E-state index < -0.39 is 0 Å². The summed E-state index contributed by atoms with van der Waals surface area (Å²) in [5.74, 6) is 1.74. The number of amides is 1. The van der Waals surface area contributed by atoms with Gasteiger partial charge in [0.2, 0.25) is 5.91 Å². The van der Waals surface area contributed by atoms with Crippen molar-refractivity contribution in [3.8, 4) is 0 Å². The third kappa shape index (κ3) is 6.96. The molecular formula is C16H25NO2S. The predicted octanol–water partition coefficient (Wildman–Crippen LogP) is 2.75. The van der Waals surface area contributed by atoms with E-state index in [-0.39, 0.29) is 18.6 Å². The van der Waals surface area contributed by atoms with E-state index in [0.29, 0.717) is 11.7 Å². The van der Waals surface area contributed by atoms with Crippen LogP contribution in [0.1, 0.15) is 31.4 Å². The molecule has 1 aromatic carbocycles. The highest BCUT2D eigenvalue weighted by molar-refractivity contribution is 7.99. The van der Waals surface area contributed by atoms with Gasteiger partial charge in [-0.1, -0.05) is 43.7 Å². The fourth-order valence-electron chi connectivity index (χ4n) is 2.08. The van der Waals surface area contributed by atoms with Gasteiger partial charge in [-0.05, 0) is 24.8 Å². The van der Waals surface area contributed by atoms with Crippen molar-refractivity contribution in [3.63, 3.8) is 0 Å². The fraction of sp³-hybridized carbons (Fsp3) is 0.562. The second-order valence-electron chi connectivity index (χ2n) is 5.56. The lowest BCUT2D eigenvalue weighted by Crippen LogP contribution is -2.39. The summed E-state index contributed by atoms with van der Waals surface area (Å²) in [5, 5.41) is 12.1. The first kappa shape index (κ1) is 17.1. The van der Waals surface area contributed by atoms with E-state index in [4.69, 9.17) is 0 Å². The number of aliphatic hydroxyl groups excluding tert-OH is 1. The summed E-state index contributed by atoms with van der Waals surface area (Å²) >= 11 is 1.60. The van der Waals surface area contributed by atoms with E-state index in [1.165, 1.54) is 11.1 Å². The van der Waals surface area contributed by atoms with Gasteiger partial charge in [0, 0.05) is 5.75 Å². The van der Waals surface area contributed by atoms with E-state index in [9.17, 15) is 9.90 Å². The van der Waals surface area contributed by atoms with Gasteiger partial charge < -0.3 is 10.4 Å². The number of hydrogen-bond donors (Lipinski definition) is 2. The molecule has 1 aromatic rings. The average Bonchev–Trinajstić information content (AvgIpc) is 2.37. The number of aryl methyl sites for hydroxylation is 1. The lowest BCUT2D eigenvalue weighted by molar-refractivity contribution is -0.119. The Hall–Kier alpha value is -1.00. The highest BCUT2D eigenvalue weighted by atomic mass is 32.2. The molecular weight excluding hydrogens is 270 g/mol. The van der Waals surface area contributed by atoms with Crippen LogP contribution in [-0.4, -0.2) is 29.4 Å². The Morgan fingerprint density at radius 2 is 2.15 bits per heavy atom. The van der Waals surface area contributed by atoms with Gasteiger partial charge in [0.05, 0.1) is 18.4 Å². The monoisotopic (exact) mass is 295 g/mol.